The molecular weight excluding hydrogens is 256 g/mol. The van der Waals surface area contributed by atoms with Gasteiger partial charge < -0.3 is 10.6 Å². The summed E-state index contributed by atoms with van der Waals surface area (Å²) in [6.07, 6.45) is 3.52. The van der Waals surface area contributed by atoms with E-state index in [2.05, 4.69) is 66.1 Å². The topological polar surface area (TPSA) is 24.1 Å². The molecule has 1 unspecified atom stereocenters. The zero-order valence-corrected chi connectivity index (χ0v) is 12.7. The standard InChI is InChI=1S/C19H24N2/c1-2-7-18(15-8-4-3-5-9-15)21-14-17-11-6-10-16-12-13-20-19(16)17/h3-6,8-11,18,20-21H,2,7,12-14H2,1H3. The first-order valence-electron chi connectivity index (χ1n) is 8.01. The lowest BCUT2D eigenvalue weighted by atomic mass is 10.0. The van der Waals surface area contributed by atoms with Crippen LogP contribution in [-0.4, -0.2) is 6.54 Å². The van der Waals surface area contributed by atoms with E-state index in [-0.39, 0.29) is 0 Å². The van der Waals surface area contributed by atoms with E-state index in [1.54, 1.807) is 0 Å². The number of hydrogen-bond acceptors (Lipinski definition) is 2. The lowest BCUT2D eigenvalue weighted by Crippen LogP contribution is -2.21. The van der Waals surface area contributed by atoms with Crippen molar-refractivity contribution in [2.45, 2.75) is 38.8 Å². The van der Waals surface area contributed by atoms with Crippen LogP contribution in [0.5, 0.6) is 0 Å². The number of hydrogen-bond donors (Lipinski definition) is 2. The van der Waals surface area contributed by atoms with E-state index in [0.29, 0.717) is 6.04 Å². The van der Waals surface area contributed by atoms with E-state index < -0.39 is 0 Å². The molecular formula is C19H24N2. The average Bonchev–Trinajstić information content (AvgIpc) is 3.01. The Bertz CT molecular complexity index is 577. The molecule has 1 aliphatic rings. The van der Waals surface area contributed by atoms with Crippen molar-refractivity contribution >= 4 is 5.69 Å². The molecule has 2 N–H and O–H groups in total. The Balaban J connectivity index is 1.72. The Morgan fingerprint density at radius 2 is 1.95 bits per heavy atom. The van der Waals surface area contributed by atoms with Gasteiger partial charge in [-0.3, -0.25) is 0 Å². The molecule has 0 spiro atoms. The molecule has 0 amide bonds. The molecule has 110 valence electrons. The van der Waals surface area contributed by atoms with Gasteiger partial charge in [0.25, 0.3) is 0 Å². The zero-order chi connectivity index (χ0) is 14.5. The molecule has 0 aliphatic carbocycles. The highest BCUT2D eigenvalue weighted by Crippen LogP contribution is 2.27. The van der Waals surface area contributed by atoms with Crippen molar-refractivity contribution in [3.8, 4) is 0 Å². The largest absolute Gasteiger partial charge is 0.384 e. The van der Waals surface area contributed by atoms with Crippen molar-refractivity contribution in [1.29, 1.82) is 0 Å². The van der Waals surface area contributed by atoms with Crippen molar-refractivity contribution < 1.29 is 0 Å². The van der Waals surface area contributed by atoms with Crippen molar-refractivity contribution in [2.75, 3.05) is 11.9 Å². The second kappa shape index (κ2) is 6.77. The highest BCUT2D eigenvalue weighted by Gasteiger charge is 2.15. The smallest absolute Gasteiger partial charge is 0.0419 e. The predicted molar refractivity (Wildman–Crippen MR) is 89.6 cm³/mol. The Kier molecular flexibility index (Phi) is 4.56. The summed E-state index contributed by atoms with van der Waals surface area (Å²) in [6, 6.07) is 17.9. The highest BCUT2D eigenvalue weighted by atomic mass is 14.9. The summed E-state index contributed by atoms with van der Waals surface area (Å²) in [5.41, 5.74) is 5.59. The Morgan fingerprint density at radius 1 is 1.10 bits per heavy atom. The lowest BCUT2D eigenvalue weighted by molar-refractivity contribution is 0.494. The van der Waals surface area contributed by atoms with Crippen LogP contribution in [-0.2, 0) is 13.0 Å². The summed E-state index contributed by atoms with van der Waals surface area (Å²) < 4.78 is 0. The molecule has 2 nitrogen and oxygen atoms in total. The molecule has 0 aromatic heterocycles. The van der Waals surface area contributed by atoms with Crippen LogP contribution < -0.4 is 10.6 Å². The van der Waals surface area contributed by atoms with Gasteiger partial charge >= 0.3 is 0 Å². The molecule has 0 fully saturated rings. The number of rotatable bonds is 6. The van der Waals surface area contributed by atoms with Gasteiger partial charge in [0.15, 0.2) is 0 Å². The minimum atomic E-state index is 0.438. The summed E-state index contributed by atoms with van der Waals surface area (Å²) in [6.45, 7) is 4.25. The van der Waals surface area contributed by atoms with Crippen LogP contribution in [0.25, 0.3) is 0 Å². The van der Waals surface area contributed by atoms with Gasteiger partial charge in [-0.1, -0.05) is 61.9 Å². The van der Waals surface area contributed by atoms with E-state index in [1.165, 1.54) is 35.2 Å². The van der Waals surface area contributed by atoms with Gasteiger partial charge in [0, 0.05) is 24.8 Å². The summed E-state index contributed by atoms with van der Waals surface area (Å²) in [4.78, 5) is 0. The van der Waals surface area contributed by atoms with Crippen molar-refractivity contribution in [3.63, 3.8) is 0 Å². The van der Waals surface area contributed by atoms with Gasteiger partial charge in [-0.05, 0) is 29.5 Å². The Labute approximate surface area is 127 Å². The van der Waals surface area contributed by atoms with E-state index in [1.807, 2.05) is 0 Å². The molecule has 2 heteroatoms. The van der Waals surface area contributed by atoms with Crippen molar-refractivity contribution in [2.24, 2.45) is 0 Å². The number of nitrogens with one attached hydrogen (secondary N) is 2. The fraction of sp³-hybridized carbons (Fsp3) is 0.368. The predicted octanol–water partition coefficient (Wildman–Crippen LogP) is 4.29. The summed E-state index contributed by atoms with van der Waals surface area (Å²) in [7, 11) is 0. The normalized spacial score (nSPS) is 14.5. The highest BCUT2D eigenvalue weighted by molar-refractivity contribution is 5.61. The lowest BCUT2D eigenvalue weighted by Gasteiger charge is -2.20. The molecule has 21 heavy (non-hydrogen) atoms. The first-order chi connectivity index (χ1) is 10.4. The van der Waals surface area contributed by atoms with Crippen molar-refractivity contribution in [1.82, 2.24) is 5.32 Å². The third-order valence-electron chi connectivity index (χ3n) is 4.25. The van der Waals surface area contributed by atoms with Crippen LogP contribution in [0.2, 0.25) is 0 Å². The molecule has 1 atom stereocenters. The van der Waals surface area contributed by atoms with Gasteiger partial charge in [-0.2, -0.15) is 0 Å². The van der Waals surface area contributed by atoms with Crippen molar-refractivity contribution in [3.05, 3.63) is 65.2 Å². The van der Waals surface area contributed by atoms with E-state index in [9.17, 15) is 0 Å². The second-order valence-electron chi connectivity index (χ2n) is 5.76. The SMILES string of the molecule is CCCC(NCc1cccc2c1NCC2)c1ccccc1. The summed E-state index contributed by atoms with van der Waals surface area (Å²) in [5.74, 6) is 0. The average molecular weight is 280 g/mol. The van der Waals surface area contributed by atoms with Crippen LogP contribution in [0.4, 0.5) is 5.69 Å². The molecule has 0 radical (unpaired) electrons. The van der Waals surface area contributed by atoms with Crippen LogP contribution in [0.3, 0.4) is 0 Å². The van der Waals surface area contributed by atoms with Gasteiger partial charge in [0.05, 0.1) is 0 Å². The molecule has 1 aliphatic heterocycles. The fourth-order valence-corrected chi connectivity index (χ4v) is 3.15. The fourth-order valence-electron chi connectivity index (χ4n) is 3.15. The second-order valence-corrected chi connectivity index (χ2v) is 5.76. The number of fused-ring (bicyclic) bond motifs is 1. The molecule has 2 aromatic rings. The van der Waals surface area contributed by atoms with Gasteiger partial charge in [0.1, 0.15) is 0 Å². The van der Waals surface area contributed by atoms with Gasteiger partial charge in [-0.15, -0.1) is 0 Å². The van der Waals surface area contributed by atoms with E-state index >= 15 is 0 Å². The maximum atomic E-state index is 3.74. The molecule has 1 heterocycles. The number of benzene rings is 2. The van der Waals surface area contributed by atoms with E-state index in [0.717, 1.165) is 19.5 Å². The van der Waals surface area contributed by atoms with Crippen LogP contribution in [0, 0.1) is 0 Å². The van der Waals surface area contributed by atoms with Crippen LogP contribution in [0.15, 0.2) is 48.5 Å². The van der Waals surface area contributed by atoms with E-state index in [4.69, 9.17) is 0 Å². The van der Waals surface area contributed by atoms with Gasteiger partial charge in [0.2, 0.25) is 0 Å². The molecule has 0 bridgehead atoms. The first-order valence-corrected chi connectivity index (χ1v) is 8.01. The quantitative estimate of drug-likeness (QED) is 0.825. The van der Waals surface area contributed by atoms with Crippen LogP contribution in [0.1, 0.15) is 42.5 Å². The molecule has 3 rings (SSSR count). The zero-order valence-electron chi connectivity index (χ0n) is 12.7. The Morgan fingerprint density at radius 3 is 2.76 bits per heavy atom. The molecule has 0 saturated carbocycles. The third-order valence-corrected chi connectivity index (χ3v) is 4.25. The Hall–Kier alpha value is -1.80. The summed E-state index contributed by atoms with van der Waals surface area (Å²) >= 11 is 0. The number of para-hydroxylation sites is 1. The maximum absolute atomic E-state index is 3.74. The monoisotopic (exact) mass is 280 g/mol. The summed E-state index contributed by atoms with van der Waals surface area (Å²) in [5, 5.41) is 7.27. The number of anilines is 1. The molecule has 2 aromatic carbocycles. The maximum Gasteiger partial charge on any atom is 0.0419 e. The van der Waals surface area contributed by atoms with Gasteiger partial charge in [-0.25, -0.2) is 0 Å². The first kappa shape index (κ1) is 14.2. The minimum absolute atomic E-state index is 0.438. The molecule has 0 saturated heterocycles. The minimum Gasteiger partial charge on any atom is -0.384 e. The van der Waals surface area contributed by atoms with Crippen LogP contribution >= 0.6 is 0 Å². The third kappa shape index (κ3) is 3.27.